The predicted octanol–water partition coefficient (Wildman–Crippen LogP) is 4.02. The van der Waals surface area contributed by atoms with E-state index in [0.717, 1.165) is 11.1 Å². The van der Waals surface area contributed by atoms with Crippen molar-refractivity contribution in [1.82, 2.24) is 0 Å². The van der Waals surface area contributed by atoms with Crippen LogP contribution in [0.25, 0.3) is 11.1 Å². The lowest BCUT2D eigenvalue weighted by molar-refractivity contribution is -0.384. The molecule has 92 valence electrons. The molecule has 2 aromatic carbocycles. The number of nitro benzene ring substituents is 1. The Morgan fingerprint density at radius 2 is 1.89 bits per heavy atom. The summed E-state index contributed by atoms with van der Waals surface area (Å²) in [7, 11) is 0. The van der Waals surface area contributed by atoms with Crippen molar-refractivity contribution in [3.05, 3.63) is 63.5 Å². The van der Waals surface area contributed by atoms with Gasteiger partial charge in [-0.1, -0.05) is 29.8 Å². The second-order valence-electron chi connectivity index (χ2n) is 4.21. The molecule has 4 heteroatoms. The number of hydrogen-bond acceptors (Lipinski definition) is 2. The minimum atomic E-state index is -0.573. The number of nitro groups is 1. The quantitative estimate of drug-likeness (QED) is 0.592. The van der Waals surface area contributed by atoms with Crippen molar-refractivity contribution in [2.45, 2.75) is 13.8 Å². The van der Waals surface area contributed by atoms with Crippen molar-refractivity contribution in [2.24, 2.45) is 0 Å². The van der Waals surface area contributed by atoms with E-state index in [1.807, 2.05) is 26.0 Å². The summed E-state index contributed by atoms with van der Waals surface area (Å²) in [5.41, 5.74) is 2.27. The van der Waals surface area contributed by atoms with Gasteiger partial charge >= 0.3 is 0 Å². The number of rotatable bonds is 2. The van der Waals surface area contributed by atoms with Crippen LogP contribution >= 0.6 is 0 Å². The van der Waals surface area contributed by atoms with E-state index in [9.17, 15) is 14.5 Å². The van der Waals surface area contributed by atoms with Crippen molar-refractivity contribution in [1.29, 1.82) is 0 Å². The van der Waals surface area contributed by atoms with E-state index in [-0.39, 0.29) is 11.3 Å². The Hall–Kier alpha value is -2.23. The van der Waals surface area contributed by atoms with Gasteiger partial charge in [0.05, 0.1) is 10.5 Å². The van der Waals surface area contributed by atoms with E-state index < -0.39 is 10.7 Å². The minimum absolute atomic E-state index is 0.0556. The van der Waals surface area contributed by atoms with Crippen LogP contribution < -0.4 is 0 Å². The van der Waals surface area contributed by atoms with Crippen LogP contribution in [0.15, 0.2) is 36.4 Å². The van der Waals surface area contributed by atoms with Crippen molar-refractivity contribution >= 4 is 5.69 Å². The standard InChI is InChI=1S/C14H12FNO2/c1-9-6-7-11(10(2)8-9)14-12(15)4-3-5-13(14)16(17)18/h3-8H,1-2H3. The van der Waals surface area contributed by atoms with Gasteiger partial charge in [0.2, 0.25) is 0 Å². The molecule has 0 aliphatic heterocycles. The van der Waals surface area contributed by atoms with Crippen LogP contribution in [0.3, 0.4) is 0 Å². The molecule has 0 bridgehead atoms. The third-order valence-electron chi connectivity index (χ3n) is 2.84. The summed E-state index contributed by atoms with van der Waals surface area (Å²) in [5, 5.41) is 11.0. The second kappa shape index (κ2) is 4.56. The van der Waals surface area contributed by atoms with E-state index in [1.165, 1.54) is 18.2 Å². The fourth-order valence-corrected chi connectivity index (χ4v) is 2.03. The topological polar surface area (TPSA) is 43.1 Å². The fraction of sp³-hybridized carbons (Fsp3) is 0.143. The van der Waals surface area contributed by atoms with E-state index in [0.29, 0.717) is 5.56 Å². The molecule has 18 heavy (non-hydrogen) atoms. The molecule has 2 rings (SSSR count). The molecule has 0 saturated heterocycles. The van der Waals surface area contributed by atoms with Crippen molar-refractivity contribution < 1.29 is 9.31 Å². The molecule has 0 spiro atoms. The van der Waals surface area contributed by atoms with Crippen molar-refractivity contribution in [2.75, 3.05) is 0 Å². The maximum absolute atomic E-state index is 13.9. The first-order chi connectivity index (χ1) is 8.50. The number of nitrogens with zero attached hydrogens (tertiary/aromatic N) is 1. The van der Waals surface area contributed by atoms with Gasteiger partial charge in [-0.05, 0) is 31.0 Å². The normalized spacial score (nSPS) is 10.4. The molecule has 0 fully saturated rings. The number of benzene rings is 2. The Balaban J connectivity index is 2.74. The first-order valence-corrected chi connectivity index (χ1v) is 5.51. The van der Waals surface area contributed by atoms with Crippen LogP contribution in [0.4, 0.5) is 10.1 Å². The van der Waals surface area contributed by atoms with E-state index in [2.05, 4.69) is 0 Å². The molecular formula is C14H12FNO2. The lowest BCUT2D eigenvalue weighted by Crippen LogP contribution is -1.96. The molecule has 3 nitrogen and oxygen atoms in total. The highest BCUT2D eigenvalue weighted by atomic mass is 19.1. The van der Waals surface area contributed by atoms with Crippen LogP contribution in [0, 0.1) is 29.8 Å². The van der Waals surface area contributed by atoms with E-state index in [1.54, 1.807) is 6.07 Å². The Morgan fingerprint density at radius 1 is 1.17 bits per heavy atom. The molecule has 0 unspecified atom stereocenters. The van der Waals surface area contributed by atoms with Crippen molar-refractivity contribution in [3.8, 4) is 11.1 Å². The minimum Gasteiger partial charge on any atom is -0.258 e. The Morgan fingerprint density at radius 3 is 2.50 bits per heavy atom. The SMILES string of the molecule is Cc1ccc(-c2c(F)cccc2[N+](=O)[O-])c(C)c1. The van der Waals surface area contributed by atoms with Crippen LogP contribution in [0.5, 0.6) is 0 Å². The van der Waals surface area contributed by atoms with Crippen LogP contribution in [-0.4, -0.2) is 4.92 Å². The van der Waals surface area contributed by atoms with Gasteiger partial charge in [-0.15, -0.1) is 0 Å². The van der Waals surface area contributed by atoms with Gasteiger partial charge in [-0.25, -0.2) is 4.39 Å². The molecule has 0 atom stereocenters. The zero-order valence-corrected chi connectivity index (χ0v) is 10.1. The Bertz CT molecular complexity index is 623. The van der Waals surface area contributed by atoms with Gasteiger partial charge in [0.1, 0.15) is 5.82 Å². The van der Waals surface area contributed by atoms with Gasteiger partial charge in [0.15, 0.2) is 0 Å². The molecule has 0 aliphatic rings. The molecule has 0 amide bonds. The smallest absolute Gasteiger partial charge is 0.258 e. The zero-order chi connectivity index (χ0) is 13.3. The summed E-state index contributed by atoms with van der Waals surface area (Å²) in [5.74, 6) is -0.573. The van der Waals surface area contributed by atoms with Gasteiger partial charge in [0, 0.05) is 6.07 Å². The van der Waals surface area contributed by atoms with Gasteiger partial charge in [0.25, 0.3) is 5.69 Å². The molecule has 0 aliphatic carbocycles. The average molecular weight is 245 g/mol. The lowest BCUT2D eigenvalue weighted by Gasteiger charge is -2.08. The highest BCUT2D eigenvalue weighted by Crippen LogP contribution is 2.34. The van der Waals surface area contributed by atoms with Crippen LogP contribution in [0.2, 0.25) is 0 Å². The number of halogens is 1. The molecule has 0 radical (unpaired) electrons. The summed E-state index contributed by atoms with van der Waals surface area (Å²) in [6, 6.07) is 9.32. The molecule has 0 N–H and O–H groups in total. The maximum atomic E-state index is 13.9. The first kappa shape index (κ1) is 12.2. The third kappa shape index (κ3) is 2.09. The summed E-state index contributed by atoms with van der Waals surface area (Å²) >= 11 is 0. The largest absolute Gasteiger partial charge is 0.280 e. The highest BCUT2D eigenvalue weighted by Gasteiger charge is 2.20. The molecule has 0 heterocycles. The van der Waals surface area contributed by atoms with Gasteiger partial charge in [-0.3, -0.25) is 10.1 Å². The molecule has 2 aromatic rings. The molecule has 0 aromatic heterocycles. The average Bonchev–Trinajstić information content (AvgIpc) is 2.29. The third-order valence-corrected chi connectivity index (χ3v) is 2.84. The molecular weight excluding hydrogens is 233 g/mol. The first-order valence-electron chi connectivity index (χ1n) is 5.51. The van der Waals surface area contributed by atoms with Gasteiger partial charge < -0.3 is 0 Å². The maximum Gasteiger partial charge on any atom is 0.280 e. The van der Waals surface area contributed by atoms with Crippen molar-refractivity contribution in [3.63, 3.8) is 0 Å². The summed E-state index contributed by atoms with van der Waals surface area (Å²) in [6.45, 7) is 3.74. The number of aryl methyl sites for hydroxylation is 2. The highest BCUT2D eigenvalue weighted by molar-refractivity contribution is 5.76. The molecule has 0 saturated carbocycles. The Labute approximate surface area is 104 Å². The van der Waals surface area contributed by atoms with E-state index in [4.69, 9.17) is 0 Å². The monoisotopic (exact) mass is 245 g/mol. The van der Waals surface area contributed by atoms with E-state index >= 15 is 0 Å². The zero-order valence-electron chi connectivity index (χ0n) is 10.1. The van der Waals surface area contributed by atoms with Gasteiger partial charge in [-0.2, -0.15) is 0 Å². The Kier molecular flexibility index (Phi) is 3.10. The van der Waals surface area contributed by atoms with Crippen LogP contribution in [0.1, 0.15) is 11.1 Å². The summed E-state index contributed by atoms with van der Waals surface area (Å²) in [6.07, 6.45) is 0. The second-order valence-corrected chi connectivity index (χ2v) is 4.21. The predicted molar refractivity (Wildman–Crippen MR) is 68.0 cm³/mol. The lowest BCUT2D eigenvalue weighted by atomic mass is 9.97. The van der Waals surface area contributed by atoms with Crippen LogP contribution in [-0.2, 0) is 0 Å². The summed E-state index contributed by atoms with van der Waals surface area (Å²) < 4.78 is 13.9. The number of hydrogen-bond donors (Lipinski definition) is 0. The summed E-state index contributed by atoms with van der Waals surface area (Å²) in [4.78, 5) is 10.4. The fourth-order valence-electron chi connectivity index (χ4n) is 2.03.